The van der Waals surface area contributed by atoms with Crippen LogP contribution in [0.25, 0.3) is 0 Å². The number of aromatic nitrogens is 2. The van der Waals surface area contributed by atoms with Crippen LogP contribution in [-0.4, -0.2) is 29.0 Å². The van der Waals surface area contributed by atoms with Gasteiger partial charge in [0, 0.05) is 30.0 Å². The van der Waals surface area contributed by atoms with Crippen LogP contribution in [-0.2, 0) is 18.7 Å². The third-order valence-electron chi connectivity index (χ3n) is 4.06. The number of hydrogen-bond donors (Lipinski definition) is 0. The Balaban J connectivity index is 1.88. The monoisotopic (exact) mass is 378 g/mol. The minimum atomic E-state index is 0.0903. The summed E-state index contributed by atoms with van der Waals surface area (Å²) >= 11 is 3.22. The van der Waals surface area contributed by atoms with Gasteiger partial charge in [-0.15, -0.1) is 11.8 Å². The van der Waals surface area contributed by atoms with E-state index in [2.05, 4.69) is 6.92 Å². The molecule has 1 aromatic heterocycles. The highest BCUT2D eigenvalue weighted by Crippen LogP contribution is 2.35. The Morgan fingerprint density at radius 2 is 1.96 bits per heavy atom. The summed E-state index contributed by atoms with van der Waals surface area (Å²) in [6, 6.07) is 5.81. The summed E-state index contributed by atoms with van der Waals surface area (Å²) in [6.45, 7) is 4.74. The first-order valence-corrected chi connectivity index (χ1v) is 10.1. The maximum atomic E-state index is 12.7. The highest BCUT2D eigenvalue weighted by atomic mass is 32.2. The van der Waals surface area contributed by atoms with E-state index in [-0.39, 0.29) is 5.56 Å². The molecule has 1 unspecified atom stereocenters. The third-order valence-corrected chi connectivity index (χ3v) is 6.32. The van der Waals surface area contributed by atoms with Crippen molar-refractivity contribution >= 4 is 23.5 Å². The van der Waals surface area contributed by atoms with E-state index < -0.39 is 0 Å². The Bertz CT molecular complexity index is 814. The maximum Gasteiger partial charge on any atom is 0.268 e. The summed E-state index contributed by atoms with van der Waals surface area (Å²) in [4.78, 5) is 18.3. The second kappa shape index (κ2) is 7.74. The van der Waals surface area contributed by atoms with E-state index in [4.69, 9.17) is 14.5 Å². The lowest BCUT2D eigenvalue weighted by Gasteiger charge is -2.12. The third kappa shape index (κ3) is 3.82. The number of benzene rings is 1. The number of nitrogens with zero attached hydrogens (tertiary/aromatic N) is 2. The summed E-state index contributed by atoms with van der Waals surface area (Å²) in [5.74, 6) is 2.21. The summed E-state index contributed by atoms with van der Waals surface area (Å²) in [6.07, 6.45) is 0.861. The van der Waals surface area contributed by atoms with E-state index in [9.17, 15) is 4.79 Å². The van der Waals surface area contributed by atoms with Crippen molar-refractivity contribution < 1.29 is 9.47 Å². The second-order valence-electron chi connectivity index (χ2n) is 5.86. The SMILES string of the molecule is CCn1c(SCc2cc(OC)cc(OC)c2)nc2c(c1=O)SC(C)C2. The molecular weight excluding hydrogens is 356 g/mol. The van der Waals surface area contributed by atoms with Gasteiger partial charge in [-0.05, 0) is 24.6 Å². The topological polar surface area (TPSA) is 53.4 Å². The average Bonchev–Trinajstić information content (AvgIpc) is 3.00. The van der Waals surface area contributed by atoms with Gasteiger partial charge >= 0.3 is 0 Å². The van der Waals surface area contributed by atoms with Crippen molar-refractivity contribution in [2.75, 3.05) is 14.2 Å². The fourth-order valence-corrected chi connectivity index (χ4v) is 4.94. The minimum Gasteiger partial charge on any atom is -0.497 e. The number of ether oxygens (including phenoxy) is 2. The van der Waals surface area contributed by atoms with Gasteiger partial charge < -0.3 is 9.47 Å². The van der Waals surface area contributed by atoms with Crippen LogP contribution >= 0.6 is 23.5 Å². The van der Waals surface area contributed by atoms with Crippen LogP contribution in [0.3, 0.4) is 0 Å². The van der Waals surface area contributed by atoms with E-state index >= 15 is 0 Å². The Kier molecular flexibility index (Phi) is 5.64. The van der Waals surface area contributed by atoms with Gasteiger partial charge in [-0.25, -0.2) is 4.98 Å². The van der Waals surface area contributed by atoms with Gasteiger partial charge in [-0.3, -0.25) is 9.36 Å². The van der Waals surface area contributed by atoms with E-state index in [1.54, 1.807) is 42.3 Å². The fourth-order valence-electron chi connectivity index (χ4n) is 2.82. The molecule has 0 aliphatic carbocycles. The summed E-state index contributed by atoms with van der Waals surface area (Å²) < 4.78 is 12.4. The molecule has 7 heteroatoms. The lowest BCUT2D eigenvalue weighted by Crippen LogP contribution is -2.24. The highest BCUT2D eigenvalue weighted by molar-refractivity contribution is 8.00. The smallest absolute Gasteiger partial charge is 0.268 e. The number of fused-ring (bicyclic) bond motifs is 1. The molecule has 1 aliphatic heterocycles. The molecule has 1 atom stereocenters. The fraction of sp³-hybridized carbons (Fsp3) is 0.444. The first kappa shape index (κ1) is 18.2. The Morgan fingerprint density at radius 1 is 1.28 bits per heavy atom. The molecule has 134 valence electrons. The van der Waals surface area contributed by atoms with Gasteiger partial charge in [-0.2, -0.15) is 0 Å². The van der Waals surface area contributed by atoms with Crippen LogP contribution in [0, 0.1) is 0 Å². The molecule has 3 rings (SSSR count). The van der Waals surface area contributed by atoms with Crippen LogP contribution in [0.15, 0.2) is 33.0 Å². The molecular formula is C18H22N2O3S2. The average molecular weight is 379 g/mol. The van der Waals surface area contributed by atoms with Crippen molar-refractivity contribution in [3.05, 3.63) is 39.8 Å². The lowest BCUT2D eigenvalue weighted by atomic mass is 10.2. The molecule has 2 aromatic rings. The molecule has 0 N–H and O–H groups in total. The standard InChI is InChI=1S/C18H22N2O3S2/c1-5-20-17(21)16-15(6-11(2)25-16)19-18(20)24-10-12-7-13(22-3)9-14(8-12)23-4/h7-9,11H,5-6,10H2,1-4H3. The maximum absolute atomic E-state index is 12.7. The van der Waals surface area contributed by atoms with E-state index in [1.807, 2.05) is 25.1 Å². The molecule has 25 heavy (non-hydrogen) atoms. The van der Waals surface area contributed by atoms with Crippen LogP contribution in [0.1, 0.15) is 25.1 Å². The van der Waals surface area contributed by atoms with Gasteiger partial charge in [0.25, 0.3) is 5.56 Å². The molecule has 1 aromatic carbocycles. The largest absolute Gasteiger partial charge is 0.497 e. The van der Waals surface area contributed by atoms with Gasteiger partial charge in [0.1, 0.15) is 11.5 Å². The van der Waals surface area contributed by atoms with Crippen LogP contribution < -0.4 is 15.0 Å². The Labute approximate surface area is 156 Å². The number of thioether (sulfide) groups is 2. The zero-order valence-electron chi connectivity index (χ0n) is 14.9. The molecule has 0 saturated carbocycles. The van der Waals surface area contributed by atoms with E-state index in [1.165, 1.54) is 0 Å². The molecule has 0 saturated heterocycles. The van der Waals surface area contributed by atoms with Crippen molar-refractivity contribution in [2.45, 2.75) is 47.9 Å². The normalized spacial score (nSPS) is 15.9. The predicted octanol–water partition coefficient (Wildman–Crippen LogP) is 3.61. The quantitative estimate of drug-likeness (QED) is 0.565. The molecule has 0 fully saturated rings. The highest BCUT2D eigenvalue weighted by Gasteiger charge is 2.25. The molecule has 0 radical (unpaired) electrons. The molecule has 0 spiro atoms. The van der Waals surface area contributed by atoms with Crippen molar-refractivity contribution in [3.8, 4) is 11.5 Å². The molecule has 5 nitrogen and oxygen atoms in total. The van der Waals surface area contributed by atoms with Crippen molar-refractivity contribution in [1.82, 2.24) is 9.55 Å². The number of methoxy groups -OCH3 is 2. The lowest BCUT2D eigenvalue weighted by molar-refractivity contribution is 0.393. The van der Waals surface area contributed by atoms with Crippen LogP contribution in [0.4, 0.5) is 0 Å². The Morgan fingerprint density at radius 3 is 2.56 bits per heavy atom. The molecule has 2 heterocycles. The number of rotatable bonds is 6. The van der Waals surface area contributed by atoms with Crippen molar-refractivity contribution in [3.63, 3.8) is 0 Å². The van der Waals surface area contributed by atoms with Crippen LogP contribution in [0.2, 0.25) is 0 Å². The van der Waals surface area contributed by atoms with Gasteiger partial charge in [0.2, 0.25) is 0 Å². The Hall–Kier alpha value is -1.60. The summed E-state index contributed by atoms with van der Waals surface area (Å²) in [7, 11) is 3.28. The van der Waals surface area contributed by atoms with Crippen molar-refractivity contribution in [1.29, 1.82) is 0 Å². The van der Waals surface area contributed by atoms with Gasteiger partial charge in [0.15, 0.2) is 5.16 Å². The second-order valence-corrected chi connectivity index (χ2v) is 8.25. The zero-order valence-corrected chi connectivity index (χ0v) is 16.5. The van der Waals surface area contributed by atoms with Crippen molar-refractivity contribution in [2.24, 2.45) is 0 Å². The molecule has 0 bridgehead atoms. The molecule has 0 amide bonds. The van der Waals surface area contributed by atoms with E-state index in [0.717, 1.165) is 39.2 Å². The number of hydrogen-bond acceptors (Lipinski definition) is 6. The van der Waals surface area contributed by atoms with Gasteiger partial charge in [-0.1, -0.05) is 18.7 Å². The zero-order chi connectivity index (χ0) is 18.0. The predicted molar refractivity (Wildman–Crippen MR) is 102 cm³/mol. The minimum absolute atomic E-state index is 0.0903. The van der Waals surface area contributed by atoms with Crippen LogP contribution in [0.5, 0.6) is 11.5 Å². The van der Waals surface area contributed by atoms with Gasteiger partial charge in [0.05, 0.1) is 24.8 Å². The van der Waals surface area contributed by atoms with E-state index in [0.29, 0.717) is 17.5 Å². The first-order chi connectivity index (χ1) is 12.0. The molecule has 1 aliphatic rings. The summed E-state index contributed by atoms with van der Waals surface area (Å²) in [5.41, 5.74) is 2.10. The summed E-state index contributed by atoms with van der Waals surface area (Å²) in [5, 5.41) is 1.20. The first-order valence-electron chi connectivity index (χ1n) is 8.20.